The van der Waals surface area contributed by atoms with Gasteiger partial charge in [0.05, 0.1) is 15.0 Å². The van der Waals surface area contributed by atoms with Gasteiger partial charge in [-0.25, -0.2) is 9.37 Å². The van der Waals surface area contributed by atoms with Crippen LogP contribution in [0.2, 0.25) is 0 Å². The fraction of sp³-hybridized carbons (Fsp3) is 0.333. The number of hydrogen-bond acceptors (Lipinski definition) is 3. The van der Waals surface area contributed by atoms with Crippen molar-refractivity contribution in [2.24, 2.45) is 5.92 Å². The number of benzene rings is 1. The molecule has 0 fully saturated rings. The van der Waals surface area contributed by atoms with Crippen LogP contribution in [0.25, 0.3) is 10.2 Å². The highest BCUT2D eigenvalue weighted by Crippen LogP contribution is 2.32. The summed E-state index contributed by atoms with van der Waals surface area (Å²) in [5.74, 6) is -0.300. The zero-order valence-corrected chi connectivity index (χ0v) is 14.2. The lowest BCUT2D eigenvalue weighted by Crippen LogP contribution is -2.26. The predicted molar refractivity (Wildman–Crippen MR) is 83.5 cm³/mol. The fourth-order valence-electron chi connectivity index (χ4n) is 1.49. The lowest BCUT2D eigenvalue weighted by molar-refractivity contribution is -0.116. The molecule has 2 aromatic rings. The van der Waals surface area contributed by atoms with E-state index in [9.17, 15) is 9.18 Å². The van der Waals surface area contributed by atoms with E-state index in [1.54, 1.807) is 0 Å². The molecule has 0 aliphatic rings. The van der Waals surface area contributed by atoms with Crippen molar-refractivity contribution in [3.8, 4) is 0 Å². The van der Waals surface area contributed by atoms with Gasteiger partial charge in [0.1, 0.15) is 5.82 Å². The number of halogens is 3. The van der Waals surface area contributed by atoms with E-state index in [0.717, 1.165) is 0 Å². The molecule has 0 unspecified atom stereocenters. The van der Waals surface area contributed by atoms with Crippen LogP contribution in [0.15, 0.2) is 16.6 Å². The van der Waals surface area contributed by atoms with Gasteiger partial charge in [-0.05, 0) is 34.0 Å². The number of anilines is 1. The van der Waals surface area contributed by atoms with Gasteiger partial charge in [-0.1, -0.05) is 41.1 Å². The molecular weight excluding hydrogens is 399 g/mol. The van der Waals surface area contributed by atoms with Crippen LogP contribution in [0.1, 0.15) is 13.8 Å². The van der Waals surface area contributed by atoms with Crippen LogP contribution in [-0.4, -0.2) is 15.7 Å². The number of nitrogens with zero attached hydrogens (tertiary/aromatic N) is 1. The van der Waals surface area contributed by atoms with Crippen LogP contribution in [0.3, 0.4) is 0 Å². The molecule has 3 nitrogen and oxygen atoms in total. The molecule has 1 aromatic carbocycles. The molecule has 1 amide bonds. The molecule has 1 atom stereocenters. The molecule has 0 radical (unpaired) electrons. The van der Waals surface area contributed by atoms with Crippen LogP contribution < -0.4 is 5.32 Å². The molecule has 2 rings (SSSR count). The van der Waals surface area contributed by atoms with E-state index in [1.807, 2.05) is 13.8 Å². The molecule has 0 saturated carbocycles. The summed E-state index contributed by atoms with van der Waals surface area (Å²) in [7, 11) is 0. The first-order valence-corrected chi connectivity index (χ1v) is 8.11. The van der Waals surface area contributed by atoms with E-state index >= 15 is 0 Å². The van der Waals surface area contributed by atoms with Gasteiger partial charge in [-0.2, -0.15) is 0 Å². The van der Waals surface area contributed by atoms with Gasteiger partial charge in [-0.15, -0.1) is 0 Å². The van der Waals surface area contributed by atoms with E-state index in [2.05, 4.69) is 42.2 Å². The van der Waals surface area contributed by atoms with Gasteiger partial charge in [0.25, 0.3) is 0 Å². The van der Waals surface area contributed by atoms with Crippen molar-refractivity contribution >= 4 is 64.5 Å². The number of carbonyl (C=O) groups excluding carboxylic acids is 1. The van der Waals surface area contributed by atoms with Crippen molar-refractivity contribution < 1.29 is 9.18 Å². The minimum Gasteiger partial charge on any atom is -0.301 e. The zero-order chi connectivity index (χ0) is 14.2. The van der Waals surface area contributed by atoms with Crippen LogP contribution in [0.5, 0.6) is 0 Å². The number of nitrogens with one attached hydrogen (secondary N) is 1. The number of fused-ring (bicyclic) bond motifs is 1. The Morgan fingerprint density at radius 2 is 2.16 bits per heavy atom. The Bertz CT molecular complexity index is 629. The highest BCUT2D eigenvalue weighted by molar-refractivity contribution is 9.10. The molecule has 1 N–H and O–H groups in total. The number of aromatic nitrogens is 1. The molecule has 0 aliphatic heterocycles. The maximum absolute atomic E-state index is 13.3. The summed E-state index contributed by atoms with van der Waals surface area (Å²) in [5, 5.41) is 3.21. The first kappa shape index (κ1) is 14.9. The standard InChI is InChI=1S/C12H11Br2FN2OS/c1-5(2)9(14)11(18)17-12-16-10-7(13)3-6(15)4-8(10)19-12/h3-5,9H,1-2H3,(H,16,17,18)/t9-/m0/s1. The Kier molecular flexibility index (Phi) is 4.58. The third-order valence-corrected chi connectivity index (χ3v) is 5.47. The number of carbonyl (C=O) groups is 1. The second-order valence-corrected chi connectivity index (χ2v) is 7.26. The van der Waals surface area contributed by atoms with Crippen molar-refractivity contribution in [2.75, 3.05) is 5.32 Å². The molecule has 7 heteroatoms. The Labute approximate surface area is 130 Å². The molecule has 0 aliphatic carbocycles. The van der Waals surface area contributed by atoms with E-state index in [-0.39, 0.29) is 22.5 Å². The van der Waals surface area contributed by atoms with Crippen molar-refractivity contribution in [2.45, 2.75) is 18.7 Å². The summed E-state index contributed by atoms with van der Waals surface area (Å²) in [4.78, 5) is 15.9. The Hall–Kier alpha value is -0.530. The first-order chi connectivity index (χ1) is 8.88. The summed E-state index contributed by atoms with van der Waals surface area (Å²) in [5.41, 5.74) is 0.650. The normalized spacial score (nSPS) is 12.9. The number of hydrogen-bond donors (Lipinski definition) is 1. The van der Waals surface area contributed by atoms with E-state index in [0.29, 0.717) is 19.8 Å². The number of amides is 1. The van der Waals surface area contributed by atoms with Gasteiger partial charge >= 0.3 is 0 Å². The number of rotatable bonds is 3. The quantitative estimate of drug-likeness (QED) is 0.755. The van der Waals surface area contributed by atoms with Gasteiger partial charge < -0.3 is 5.32 Å². The molecule has 0 saturated heterocycles. The zero-order valence-electron chi connectivity index (χ0n) is 10.2. The molecule has 0 bridgehead atoms. The monoisotopic (exact) mass is 408 g/mol. The van der Waals surface area contributed by atoms with Crippen molar-refractivity contribution in [3.63, 3.8) is 0 Å². The van der Waals surface area contributed by atoms with Gasteiger partial charge in [-0.3, -0.25) is 4.79 Å². The summed E-state index contributed by atoms with van der Waals surface area (Å²) >= 11 is 7.84. The maximum atomic E-state index is 13.3. The predicted octanol–water partition coefficient (Wildman–Crippen LogP) is 4.56. The van der Waals surface area contributed by atoms with Crippen LogP contribution in [0.4, 0.5) is 9.52 Å². The highest BCUT2D eigenvalue weighted by atomic mass is 79.9. The minimum atomic E-state index is -0.332. The topological polar surface area (TPSA) is 42.0 Å². The maximum Gasteiger partial charge on any atom is 0.240 e. The first-order valence-electron chi connectivity index (χ1n) is 5.59. The minimum absolute atomic E-state index is 0.148. The van der Waals surface area contributed by atoms with Crippen molar-refractivity contribution in [3.05, 3.63) is 22.4 Å². The summed E-state index contributed by atoms with van der Waals surface area (Å²) < 4.78 is 14.5. The largest absolute Gasteiger partial charge is 0.301 e. The fourth-order valence-corrected chi connectivity index (χ4v) is 3.18. The molecule has 0 spiro atoms. The Balaban J connectivity index is 2.27. The Morgan fingerprint density at radius 1 is 1.47 bits per heavy atom. The van der Waals surface area contributed by atoms with Crippen LogP contribution >= 0.6 is 43.2 Å². The SMILES string of the molecule is CC(C)[C@H](Br)C(=O)Nc1nc2c(Br)cc(F)cc2s1. The van der Waals surface area contributed by atoms with Crippen molar-refractivity contribution in [1.82, 2.24) is 4.98 Å². The summed E-state index contributed by atoms with van der Waals surface area (Å²) in [6.07, 6.45) is 0. The van der Waals surface area contributed by atoms with Gasteiger partial charge in [0.2, 0.25) is 5.91 Å². The highest BCUT2D eigenvalue weighted by Gasteiger charge is 2.20. The van der Waals surface area contributed by atoms with Crippen LogP contribution in [0, 0.1) is 11.7 Å². The molecular formula is C12H11Br2FN2OS. The van der Waals surface area contributed by atoms with Crippen molar-refractivity contribution in [1.29, 1.82) is 0 Å². The average Bonchev–Trinajstić information content (AvgIpc) is 2.70. The van der Waals surface area contributed by atoms with E-state index in [1.165, 1.54) is 23.5 Å². The number of alkyl halides is 1. The molecule has 102 valence electrons. The molecule has 19 heavy (non-hydrogen) atoms. The summed E-state index contributed by atoms with van der Waals surface area (Å²) in [6, 6.07) is 2.76. The number of thiazole rings is 1. The lowest BCUT2D eigenvalue weighted by Gasteiger charge is -2.11. The molecule has 1 heterocycles. The second-order valence-electron chi connectivity index (χ2n) is 4.39. The third-order valence-electron chi connectivity index (χ3n) is 2.48. The van der Waals surface area contributed by atoms with E-state index in [4.69, 9.17) is 0 Å². The average molecular weight is 410 g/mol. The third kappa shape index (κ3) is 3.32. The van der Waals surface area contributed by atoms with E-state index < -0.39 is 0 Å². The van der Waals surface area contributed by atoms with Gasteiger partial charge in [0.15, 0.2) is 5.13 Å². The van der Waals surface area contributed by atoms with Crippen LogP contribution in [-0.2, 0) is 4.79 Å². The van der Waals surface area contributed by atoms with Gasteiger partial charge in [0, 0.05) is 4.47 Å². The second kappa shape index (κ2) is 5.85. The smallest absolute Gasteiger partial charge is 0.240 e. The Morgan fingerprint density at radius 3 is 2.79 bits per heavy atom. The lowest BCUT2D eigenvalue weighted by atomic mass is 10.1. The molecule has 1 aromatic heterocycles. The summed E-state index contributed by atoms with van der Waals surface area (Å²) in [6.45, 7) is 3.90.